The molecule has 4 N–H and O–H groups in total. The normalized spacial score (nSPS) is 26.3. The van der Waals surface area contributed by atoms with Crippen molar-refractivity contribution in [3.63, 3.8) is 0 Å². The molecule has 2 aromatic heterocycles. The number of nitrogens with zero attached hydrogens (tertiary/aromatic N) is 4. The molecule has 9 nitrogen and oxygen atoms in total. The van der Waals surface area contributed by atoms with Gasteiger partial charge in [-0.2, -0.15) is 4.98 Å². The Kier molecular flexibility index (Phi) is 5.10. The summed E-state index contributed by atoms with van der Waals surface area (Å²) in [6, 6.07) is 5.08. The van der Waals surface area contributed by atoms with Crippen molar-refractivity contribution in [1.82, 2.24) is 20.3 Å². The number of anilines is 2. The molecule has 9 heteroatoms. The molecular formula is C20H26N6O3. The molecule has 0 radical (unpaired) electrons. The van der Waals surface area contributed by atoms with Crippen LogP contribution in [0.5, 0.6) is 0 Å². The zero-order valence-corrected chi connectivity index (χ0v) is 16.4. The molecule has 1 spiro atoms. The van der Waals surface area contributed by atoms with E-state index >= 15 is 0 Å². The Morgan fingerprint density at radius 2 is 2.14 bits per heavy atom. The van der Waals surface area contributed by atoms with E-state index in [1.165, 1.54) is 6.20 Å². The monoisotopic (exact) mass is 398 g/mol. The molecule has 2 aliphatic rings. The number of ether oxygens (including phenoxy) is 1. The first kappa shape index (κ1) is 19.5. The van der Waals surface area contributed by atoms with E-state index in [4.69, 9.17) is 10.5 Å². The summed E-state index contributed by atoms with van der Waals surface area (Å²) in [6.07, 6.45) is 6.02. The minimum Gasteiger partial charge on any atom is -0.388 e. The van der Waals surface area contributed by atoms with Crippen LogP contribution in [0.25, 0.3) is 0 Å². The standard InChI is InChI=1S/C20H26N6O3/c1-19(25-17(28)14-3-2-7-22-11-14)13-20(29-12-15(19)27)5-9-26(10-6-20)18-23-8-4-16(21)24-18/h2-4,7-8,11,15,27H,5-6,9-10,12-13H2,1H3,(H,25,28)(H2,21,23,24)/t15-,19-/m1/s1. The van der Waals surface area contributed by atoms with Gasteiger partial charge in [-0.3, -0.25) is 9.78 Å². The molecule has 0 aliphatic carbocycles. The highest BCUT2D eigenvalue weighted by Gasteiger charge is 2.50. The van der Waals surface area contributed by atoms with Gasteiger partial charge in [0.05, 0.1) is 23.3 Å². The van der Waals surface area contributed by atoms with Crippen molar-refractivity contribution in [2.24, 2.45) is 0 Å². The quantitative estimate of drug-likeness (QED) is 0.692. The lowest BCUT2D eigenvalue weighted by molar-refractivity contribution is -0.167. The van der Waals surface area contributed by atoms with Crippen LogP contribution in [-0.4, -0.2) is 62.9 Å². The predicted molar refractivity (Wildman–Crippen MR) is 107 cm³/mol. The molecule has 4 heterocycles. The number of amides is 1. The Balaban J connectivity index is 1.45. The number of pyridine rings is 1. The highest BCUT2D eigenvalue weighted by molar-refractivity contribution is 5.94. The number of nitrogens with one attached hydrogen (secondary N) is 1. The van der Waals surface area contributed by atoms with Crippen LogP contribution in [0.2, 0.25) is 0 Å². The van der Waals surface area contributed by atoms with Gasteiger partial charge in [0.2, 0.25) is 5.95 Å². The summed E-state index contributed by atoms with van der Waals surface area (Å²) >= 11 is 0. The number of hydrogen-bond donors (Lipinski definition) is 3. The van der Waals surface area contributed by atoms with E-state index in [0.29, 0.717) is 36.8 Å². The van der Waals surface area contributed by atoms with Gasteiger partial charge in [0, 0.05) is 38.1 Å². The van der Waals surface area contributed by atoms with Crippen LogP contribution in [0, 0.1) is 0 Å². The molecule has 2 atom stereocenters. The highest BCUT2D eigenvalue weighted by Crippen LogP contribution is 2.40. The van der Waals surface area contributed by atoms with Crippen molar-refractivity contribution in [3.8, 4) is 0 Å². The van der Waals surface area contributed by atoms with Gasteiger partial charge in [-0.25, -0.2) is 4.98 Å². The fourth-order valence-corrected chi connectivity index (χ4v) is 4.18. The van der Waals surface area contributed by atoms with Crippen LogP contribution >= 0.6 is 0 Å². The fraction of sp³-hybridized carbons (Fsp3) is 0.500. The van der Waals surface area contributed by atoms with Gasteiger partial charge in [0.25, 0.3) is 5.91 Å². The smallest absolute Gasteiger partial charge is 0.253 e. The molecule has 2 aliphatic heterocycles. The summed E-state index contributed by atoms with van der Waals surface area (Å²) in [4.78, 5) is 27.3. The van der Waals surface area contributed by atoms with Gasteiger partial charge < -0.3 is 25.8 Å². The maximum absolute atomic E-state index is 12.7. The number of piperidine rings is 1. The fourth-order valence-electron chi connectivity index (χ4n) is 4.18. The Morgan fingerprint density at radius 3 is 2.83 bits per heavy atom. The van der Waals surface area contributed by atoms with Crippen molar-refractivity contribution in [2.75, 3.05) is 30.3 Å². The predicted octanol–water partition coefficient (Wildman–Crippen LogP) is 0.763. The van der Waals surface area contributed by atoms with E-state index in [1.54, 1.807) is 30.6 Å². The van der Waals surface area contributed by atoms with Gasteiger partial charge in [-0.05, 0) is 38.0 Å². The van der Waals surface area contributed by atoms with Crippen LogP contribution in [0.3, 0.4) is 0 Å². The molecule has 2 fully saturated rings. The van der Waals surface area contributed by atoms with Gasteiger partial charge >= 0.3 is 0 Å². The third-order valence-electron chi connectivity index (χ3n) is 5.92. The van der Waals surface area contributed by atoms with E-state index in [-0.39, 0.29) is 12.5 Å². The molecular weight excluding hydrogens is 372 g/mol. The van der Waals surface area contributed by atoms with E-state index in [1.807, 2.05) is 6.92 Å². The molecule has 154 valence electrons. The first-order chi connectivity index (χ1) is 13.9. The molecule has 1 amide bonds. The van der Waals surface area contributed by atoms with Crippen molar-refractivity contribution in [2.45, 2.75) is 43.4 Å². The van der Waals surface area contributed by atoms with Crippen LogP contribution in [0.1, 0.15) is 36.5 Å². The number of hydrogen-bond acceptors (Lipinski definition) is 8. The molecule has 0 unspecified atom stereocenters. The third-order valence-corrected chi connectivity index (χ3v) is 5.92. The zero-order valence-electron chi connectivity index (χ0n) is 16.4. The minimum absolute atomic E-state index is 0.179. The van der Waals surface area contributed by atoms with Crippen molar-refractivity contribution in [1.29, 1.82) is 0 Å². The first-order valence-corrected chi connectivity index (χ1v) is 9.77. The Bertz CT molecular complexity index is 872. The van der Waals surface area contributed by atoms with Crippen LogP contribution in [0.15, 0.2) is 36.8 Å². The number of carbonyl (C=O) groups excluding carboxylic acids is 1. The topological polar surface area (TPSA) is 126 Å². The summed E-state index contributed by atoms with van der Waals surface area (Å²) in [5.74, 6) is 0.809. The lowest BCUT2D eigenvalue weighted by Gasteiger charge is -2.52. The van der Waals surface area contributed by atoms with E-state index in [9.17, 15) is 9.90 Å². The van der Waals surface area contributed by atoms with Gasteiger partial charge in [0.15, 0.2) is 0 Å². The molecule has 4 rings (SSSR count). The SMILES string of the molecule is C[C@@]1(NC(=O)c2cccnc2)CC2(CCN(c3nccc(N)n3)CC2)OC[C@H]1O. The summed E-state index contributed by atoms with van der Waals surface area (Å²) in [5.41, 5.74) is 5.04. The molecule has 2 saturated heterocycles. The molecule has 0 bridgehead atoms. The number of aliphatic hydroxyl groups is 1. The number of aliphatic hydroxyl groups excluding tert-OH is 1. The minimum atomic E-state index is -0.791. The largest absolute Gasteiger partial charge is 0.388 e. The maximum Gasteiger partial charge on any atom is 0.253 e. The summed E-state index contributed by atoms with van der Waals surface area (Å²) in [5, 5.41) is 13.6. The van der Waals surface area contributed by atoms with E-state index in [0.717, 1.165) is 12.8 Å². The third kappa shape index (κ3) is 4.01. The van der Waals surface area contributed by atoms with Crippen molar-refractivity contribution in [3.05, 3.63) is 42.4 Å². The molecule has 2 aromatic rings. The lowest BCUT2D eigenvalue weighted by atomic mass is 9.74. The first-order valence-electron chi connectivity index (χ1n) is 9.77. The van der Waals surface area contributed by atoms with Crippen LogP contribution in [-0.2, 0) is 4.74 Å². The Hall–Kier alpha value is -2.78. The number of carbonyl (C=O) groups is 1. The average molecular weight is 398 g/mol. The van der Waals surface area contributed by atoms with E-state index < -0.39 is 17.2 Å². The van der Waals surface area contributed by atoms with Gasteiger partial charge in [-0.1, -0.05) is 0 Å². The van der Waals surface area contributed by atoms with E-state index in [2.05, 4.69) is 25.2 Å². The van der Waals surface area contributed by atoms with Gasteiger partial charge in [0.1, 0.15) is 11.9 Å². The maximum atomic E-state index is 12.7. The number of rotatable bonds is 3. The second-order valence-electron chi connectivity index (χ2n) is 8.07. The summed E-state index contributed by atoms with van der Waals surface area (Å²) in [6.45, 7) is 3.49. The number of nitrogens with two attached hydrogens (primary N) is 1. The van der Waals surface area contributed by atoms with Gasteiger partial charge in [-0.15, -0.1) is 0 Å². The molecule has 0 saturated carbocycles. The second kappa shape index (κ2) is 7.57. The average Bonchev–Trinajstić information content (AvgIpc) is 2.72. The summed E-state index contributed by atoms with van der Waals surface area (Å²) in [7, 11) is 0. The number of nitrogen functional groups attached to an aromatic ring is 1. The highest BCUT2D eigenvalue weighted by atomic mass is 16.5. The Morgan fingerprint density at radius 1 is 1.34 bits per heavy atom. The second-order valence-corrected chi connectivity index (χ2v) is 8.07. The van der Waals surface area contributed by atoms with Crippen molar-refractivity contribution < 1.29 is 14.6 Å². The molecule has 0 aromatic carbocycles. The van der Waals surface area contributed by atoms with Crippen LogP contribution in [0.4, 0.5) is 11.8 Å². The lowest BCUT2D eigenvalue weighted by Crippen LogP contribution is -2.65. The number of aromatic nitrogens is 3. The molecule has 29 heavy (non-hydrogen) atoms. The summed E-state index contributed by atoms with van der Waals surface area (Å²) < 4.78 is 6.10. The van der Waals surface area contributed by atoms with Crippen molar-refractivity contribution >= 4 is 17.7 Å². The zero-order chi connectivity index (χ0) is 20.5. The van der Waals surface area contributed by atoms with Crippen LogP contribution < -0.4 is 16.0 Å². The Labute approximate surface area is 169 Å².